The molecule has 0 aliphatic rings. The summed E-state index contributed by atoms with van der Waals surface area (Å²) in [6.07, 6.45) is 14.4. The Kier molecular flexibility index (Phi) is 15.0. The summed E-state index contributed by atoms with van der Waals surface area (Å²) in [5.74, 6) is -0.472. The fourth-order valence-electron chi connectivity index (χ4n) is 2.35. The molecule has 0 aliphatic heterocycles. The highest BCUT2D eigenvalue weighted by atomic mass is 17.2. The maximum atomic E-state index is 11.3. The van der Waals surface area contributed by atoms with Crippen molar-refractivity contribution in [3.63, 3.8) is 0 Å². The molecule has 0 aliphatic carbocycles. The van der Waals surface area contributed by atoms with E-state index in [9.17, 15) is 4.79 Å². The van der Waals surface area contributed by atoms with E-state index in [2.05, 4.69) is 18.7 Å². The van der Waals surface area contributed by atoms with Crippen LogP contribution in [-0.2, 0) is 9.78 Å². The van der Waals surface area contributed by atoms with Gasteiger partial charge < -0.3 is 0 Å². The van der Waals surface area contributed by atoms with Crippen molar-refractivity contribution < 1.29 is 14.6 Å². The maximum absolute atomic E-state index is 11.3. The first-order chi connectivity index (χ1) is 12.4. The molecule has 0 fully saturated rings. The lowest BCUT2D eigenvalue weighted by Gasteiger charge is -2.16. The van der Waals surface area contributed by atoms with Gasteiger partial charge in [0.25, 0.3) is 0 Å². The fraction of sp³-hybridized carbons (Fsp3) is 0.696. The molecule has 0 N–H and O–H groups in total. The van der Waals surface area contributed by atoms with Gasteiger partial charge in [0, 0.05) is 0 Å². The van der Waals surface area contributed by atoms with Crippen LogP contribution in [0.3, 0.4) is 0 Å². The Hall–Kier alpha value is -1.35. The smallest absolute Gasteiger partial charge is 0.292 e. The third-order valence-corrected chi connectivity index (χ3v) is 3.83. The molecule has 0 bridgehead atoms. The minimum atomic E-state index is -0.482. The van der Waals surface area contributed by atoms with Crippen LogP contribution in [0, 0.1) is 0 Å². The lowest BCUT2D eigenvalue weighted by atomic mass is 10.1. The molecule has 0 spiro atoms. The first-order valence-corrected chi connectivity index (χ1v) is 10.4. The molecule has 3 heteroatoms. The summed E-state index contributed by atoms with van der Waals surface area (Å²) in [6.45, 7) is 9.99. The van der Waals surface area contributed by atoms with Gasteiger partial charge in [-0.2, -0.15) is 4.89 Å². The van der Waals surface area contributed by atoms with Gasteiger partial charge in [-0.3, -0.25) is 4.89 Å². The zero-order chi connectivity index (χ0) is 19.7. The highest BCUT2D eigenvalue weighted by molar-refractivity contribution is 5.88. The molecule has 0 saturated heterocycles. The molecular formula is C23H40O3. The highest BCUT2D eigenvalue weighted by Gasteiger charge is 2.16. The second-order valence-electron chi connectivity index (χ2n) is 7.76. The number of benzene rings is 1. The van der Waals surface area contributed by atoms with Gasteiger partial charge in [-0.15, -0.1) is 0 Å². The van der Waals surface area contributed by atoms with Crippen LogP contribution in [-0.4, -0.2) is 11.6 Å². The van der Waals surface area contributed by atoms with E-state index in [1.54, 1.807) is 24.3 Å². The Morgan fingerprint density at radius 2 is 1.19 bits per heavy atom. The van der Waals surface area contributed by atoms with E-state index in [1.807, 2.05) is 26.8 Å². The monoisotopic (exact) mass is 364 g/mol. The maximum Gasteiger partial charge on any atom is 0.373 e. The van der Waals surface area contributed by atoms with Crippen molar-refractivity contribution in [2.24, 2.45) is 0 Å². The van der Waals surface area contributed by atoms with E-state index in [0.717, 1.165) is 0 Å². The quantitative estimate of drug-likeness (QED) is 0.232. The zero-order valence-corrected chi connectivity index (χ0v) is 17.7. The fourth-order valence-corrected chi connectivity index (χ4v) is 2.35. The SMILES string of the molecule is CC(C)(C)OOC(=O)c1ccccc1.CCCCCCCCCCCC. The number of carbonyl (C=O) groups is 1. The Balaban J connectivity index is 0.000000488. The Labute approximate surface area is 161 Å². The molecule has 3 nitrogen and oxygen atoms in total. The summed E-state index contributed by atoms with van der Waals surface area (Å²) < 4.78 is 0. The van der Waals surface area contributed by atoms with Gasteiger partial charge in [0.05, 0.1) is 5.56 Å². The van der Waals surface area contributed by atoms with E-state index in [4.69, 9.17) is 4.89 Å². The number of hydrogen-bond acceptors (Lipinski definition) is 3. The molecule has 0 atom stereocenters. The molecule has 1 rings (SSSR count). The van der Waals surface area contributed by atoms with Gasteiger partial charge in [0.2, 0.25) is 0 Å². The second kappa shape index (κ2) is 15.9. The first kappa shape index (κ1) is 24.7. The molecule has 26 heavy (non-hydrogen) atoms. The minimum Gasteiger partial charge on any atom is -0.292 e. The molecule has 1 aromatic rings. The van der Waals surface area contributed by atoms with Crippen molar-refractivity contribution in [2.75, 3.05) is 0 Å². The summed E-state index contributed by atoms with van der Waals surface area (Å²) >= 11 is 0. The number of hydrogen-bond donors (Lipinski definition) is 0. The largest absolute Gasteiger partial charge is 0.373 e. The number of unbranched alkanes of at least 4 members (excludes halogenated alkanes) is 9. The van der Waals surface area contributed by atoms with Crippen LogP contribution in [0.15, 0.2) is 30.3 Å². The van der Waals surface area contributed by atoms with Gasteiger partial charge in [-0.1, -0.05) is 96.3 Å². The van der Waals surface area contributed by atoms with Gasteiger partial charge in [-0.05, 0) is 32.9 Å². The average molecular weight is 365 g/mol. The molecule has 0 heterocycles. The predicted molar refractivity (Wildman–Crippen MR) is 110 cm³/mol. The van der Waals surface area contributed by atoms with E-state index in [1.165, 1.54) is 64.2 Å². The van der Waals surface area contributed by atoms with E-state index < -0.39 is 11.6 Å². The molecule has 1 aromatic carbocycles. The first-order valence-electron chi connectivity index (χ1n) is 10.4. The van der Waals surface area contributed by atoms with Crippen LogP contribution in [0.5, 0.6) is 0 Å². The summed E-state index contributed by atoms with van der Waals surface area (Å²) in [4.78, 5) is 20.9. The Bertz CT molecular complexity index is 425. The standard InChI is InChI=1S/C12H26.C11H14O3/c1-3-5-7-9-11-12-10-8-6-4-2;1-11(2,3)14-13-10(12)9-7-5-4-6-8-9/h3-12H2,1-2H3;4-8H,1-3H3. The summed E-state index contributed by atoms with van der Waals surface area (Å²) in [6, 6.07) is 8.73. The summed E-state index contributed by atoms with van der Waals surface area (Å²) in [5.41, 5.74) is 0.00140. The van der Waals surface area contributed by atoms with E-state index in [-0.39, 0.29) is 0 Å². The Morgan fingerprint density at radius 1 is 0.769 bits per heavy atom. The lowest BCUT2D eigenvalue weighted by Crippen LogP contribution is -2.21. The molecule has 0 saturated carbocycles. The van der Waals surface area contributed by atoms with Crippen molar-refractivity contribution in [2.45, 2.75) is 104 Å². The average Bonchev–Trinajstić information content (AvgIpc) is 2.63. The number of carbonyl (C=O) groups excluding carboxylic acids is 1. The molecule has 0 aromatic heterocycles. The second-order valence-corrected chi connectivity index (χ2v) is 7.76. The highest BCUT2D eigenvalue weighted by Crippen LogP contribution is 2.10. The van der Waals surface area contributed by atoms with Crippen LogP contribution < -0.4 is 0 Å². The van der Waals surface area contributed by atoms with Crippen LogP contribution >= 0.6 is 0 Å². The predicted octanol–water partition coefficient (Wildman–Crippen LogP) is 7.50. The van der Waals surface area contributed by atoms with Crippen molar-refractivity contribution in [3.8, 4) is 0 Å². The van der Waals surface area contributed by atoms with Crippen LogP contribution in [0.25, 0.3) is 0 Å². The van der Waals surface area contributed by atoms with Gasteiger partial charge in [0.15, 0.2) is 0 Å². The van der Waals surface area contributed by atoms with E-state index >= 15 is 0 Å². The normalized spacial score (nSPS) is 10.8. The number of rotatable bonds is 11. The summed E-state index contributed by atoms with van der Waals surface area (Å²) in [5, 5.41) is 0. The Morgan fingerprint density at radius 3 is 1.58 bits per heavy atom. The lowest BCUT2D eigenvalue weighted by molar-refractivity contribution is -0.301. The van der Waals surface area contributed by atoms with E-state index in [0.29, 0.717) is 5.56 Å². The topological polar surface area (TPSA) is 35.5 Å². The van der Waals surface area contributed by atoms with Crippen LogP contribution in [0.4, 0.5) is 0 Å². The summed E-state index contributed by atoms with van der Waals surface area (Å²) in [7, 11) is 0. The van der Waals surface area contributed by atoms with Gasteiger partial charge in [0.1, 0.15) is 5.60 Å². The van der Waals surface area contributed by atoms with Crippen molar-refractivity contribution in [3.05, 3.63) is 35.9 Å². The van der Waals surface area contributed by atoms with Crippen molar-refractivity contribution in [1.82, 2.24) is 0 Å². The van der Waals surface area contributed by atoms with Gasteiger partial charge >= 0.3 is 5.97 Å². The molecule has 150 valence electrons. The molecule has 0 radical (unpaired) electrons. The third kappa shape index (κ3) is 16.1. The van der Waals surface area contributed by atoms with Crippen molar-refractivity contribution in [1.29, 1.82) is 0 Å². The molecular weight excluding hydrogens is 324 g/mol. The van der Waals surface area contributed by atoms with Crippen LogP contribution in [0.2, 0.25) is 0 Å². The molecule has 0 amide bonds. The third-order valence-electron chi connectivity index (χ3n) is 3.83. The van der Waals surface area contributed by atoms with Gasteiger partial charge in [-0.25, -0.2) is 4.79 Å². The molecule has 0 unspecified atom stereocenters. The van der Waals surface area contributed by atoms with Crippen molar-refractivity contribution >= 4 is 5.97 Å². The zero-order valence-electron chi connectivity index (χ0n) is 17.7. The minimum absolute atomic E-state index is 0.472. The van der Waals surface area contributed by atoms with Crippen LogP contribution in [0.1, 0.15) is 109 Å².